The Morgan fingerprint density at radius 1 is 1.12 bits per heavy atom. The number of rotatable bonds is 5. The number of benzene rings is 1. The van der Waals surface area contributed by atoms with Gasteiger partial charge in [-0.3, -0.25) is 4.98 Å². The summed E-state index contributed by atoms with van der Waals surface area (Å²) in [6.07, 6.45) is 2.77. The largest absolute Gasteiger partial charge is 0.261 e. The van der Waals surface area contributed by atoms with Gasteiger partial charge in [0.05, 0.1) is 0 Å². The van der Waals surface area contributed by atoms with Crippen molar-refractivity contribution in [2.45, 2.75) is 12.2 Å². The van der Waals surface area contributed by atoms with Gasteiger partial charge in [-0.1, -0.05) is 18.2 Å². The van der Waals surface area contributed by atoms with Gasteiger partial charge in [-0.25, -0.2) is 4.39 Å². The molecule has 1 aromatic heterocycles. The van der Waals surface area contributed by atoms with Crippen LogP contribution < -0.4 is 0 Å². The fourth-order valence-corrected chi connectivity index (χ4v) is 2.45. The van der Waals surface area contributed by atoms with Gasteiger partial charge in [-0.15, -0.1) is 0 Å². The third-order valence-corrected chi connectivity index (χ3v) is 3.42. The van der Waals surface area contributed by atoms with Gasteiger partial charge >= 0.3 is 0 Å². The van der Waals surface area contributed by atoms with Crippen molar-refractivity contribution in [1.82, 2.24) is 4.98 Å². The van der Waals surface area contributed by atoms with Crippen molar-refractivity contribution in [3.05, 3.63) is 65.7 Å². The highest BCUT2D eigenvalue weighted by atomic mass is 32.2. The summed E-state index contributed by atoms with van der Waals surface area (Å²) < 4.78 is 12.9. The Balaban J connectivity index is 1.73. The highest BCUT2D eigenvalue weighted by molar-refractivity contribution is 7.98. The van der Waals surface area contributed by atoms with Gasteiger partial charge in [-0.2, -0.15) is 11.8 Å². The van der Waals surface area contributed by atoms with Crippen molar-refractivity contribution in [2.75, 3.05) is 5.75 Å². The van der Waals surface area contributed by atoms with Crippen LogP contribution in [0.1, 0.15) is 11.3 Å². The molecule has 0 aliphatic rings. The zero-order chi connectivity index (χ0) is 11.9. The van der Waals surface area contributed by atoms with Crippen molar-refractivity contribution < 1.29 is 4.39 Å². The maximum Gasteiger partial charge on any atom is 0.123 e. The number of thioether (sulfide) groups is 1. The molecule has 0 saturated heterocycles. The summed E-state index contributed by atoms with van der Waals surface area (Å²) >= 11 is 1.80. The molecular formula is C14H14FNS. The number of aryl methyl sites for hydroxylation is 1. The summed E-state index contributed by atoms with van der Waals surface area (Å²) in [5.74, 6) is 1.70. The second-order valence-electron chi connectivity index (χ2n) is 3.75. The minimum atomic E-state index is -0.159. The molecule has 2 aromatic rings. The third kappa shape index (κ3) is 4.19. The van der Waals surface area contributed by atoms with Crippen LogP contribution in [0.15, 0.2) is 48.7 Å². The summed E-state index contributed by atoms with van der Waals surface area (Å²) in [4.78, 5) is 4.26. The maximum atomic E-state index is 12.9. The normalized spacial score (nSPS) is 10.4. The first-order valence-corrected chi connectivity index (χ1v) is 6.72. The van der Waals surface area contributed by atoms with E-state index in [1.807, 2.05) is 30.5 Å². The van der Waals surface area contributed by atoms with E-state index in [1.165, 1.54) is 6.07 Å². The molecule has 0 aliphatic carbocycles. The summed E-state index contributed by atoms with van der Waals surface area (Å²) in [6.45, 7) is 0. The Kier molecular flexibility index (Phi) is 4.56. The van der Waals surface area contributed by atoms with E-state index < -0.39 is 0 Å². The topological polar surface area (TPSA) is 12.9 Å². The molecule has 0 radical (unpaired) electrons. The highest BCUT2D eigenvalue weighted by Crippen LogP contribution is 2.14. The van der Waals surface area contributed by atoms with Crippen LogP contribution in [-0.2, 0) is 12.2 Å². The molecule has 0 unspecified atom stereocenters. The van der Waals surface area contributed by atoms with Gasteiger partial charge in [0, 0.05) is 17.6 Å². The van der Waals surface area contributed by atoms with Crippen molar-refractivity contribution in [3.8, 4) is 0 Å². The maximum absolute atomic E-state index is 12.9. The quantitative estimate of drug-likeness (QED) is 0.747. The number of nitrogens with zero attached hydrogens (tertiary/aromatic N) is 1. The molecule has 0 atom stereocenters. The SMILES string of the molecule is Fc1cccc(CSCCc2ccccn2)c1. The molecule has 0 fully saturated rings. The van der Waals surface area contributed by atoms with E-state index in [2.05, 4.69) is 4.98 Å². The van der Waals surface area contributed by atoms with Gasteiger partial charge in [-0.05, 0) is 42.0 Å². The van der Waals surface area contributed by atoms with Crippen LogP contribution in [0.4, 0.5) is 4.39 Å². The molecule has 1 heterocycles. The van der Waals surface area contributed by atoms with Crippen molar-refractivity contribution in [1.29, 1.82) is 0 Å². The first-order chi connectivity index (χ1) is 8.34. The lowest BCUT2D eigenvalue weighted by Crippen LogP contribution is -1.92. The van der Waals surface area contributed by atoms with E-state index >= 15 is 0 Å². The van der Waals surface area contributed by atoms with E-state index in [0.29, 0.717) is 0 Å². The Hall–Kier alpha value is -1.35. The number of hydrogen-bond acceptors (Lipinski definition) is 2. The molecule has 0 saturated carbocycles. The van der Waals surface area contributed by atoms with Crippen LogP contribution in [0.3, 0.4) is 0 Å². The minimum absolute atomic E-state index is 0.159. The Morgan fingerprint density at radius 3 is 2.82 bits per heavy atom. The summed E-state index contributed by atoms with van der Waals surface area (Å²) in [6, 6.07) is 12.7. The first kappa shape index (κ1) is 12.1. The van der Waals surface area contributed by atoms with E-state index in [-0.39, 0.29) is 5.82 Å². The van der Waals surface area contributed by atoms with Crippen LogP contribution in [0, 0.1) is 5.82 Å². The lowest BCUT2D eigenvalue weighted by molar-refractivity contribution is 0.626. The number of halogens is 1. The molecule has 0 aliphatic heterocycles. The number of pyridine rings is 1. The Bertz CT molecular complexity index is 459. The Morgan fingerprint density at radius 2 is 2.06 bits per heavy atom. The van der Waals surface area contributed by atoms with Crippen LogP contribution in [0.5, 0.6) is 0 Å². The predicted molar refractivity (Wildman–Crippen MR) is 70.5 cm³/mol. The predicted octanol–water partition coefficient (Wildman–Crippen LogP) is 3.70. The van der Waals surface area contributed by atoms with Gasteiger partial charge < -0.3 is 0 Å². The average Bonchev–Trinajstić information content (AvgIpc) is 2.36. The molecule has 0 amide bonds. The standard InChI is InChI=1S/C14H14FNS/c15-13-5-3-4-12(10-13)11-17-9-7-14-6-1-2-8-16-14/h1-6,8,10H,7,9,11H2. The third-order valence-electron chi connectivity index (χ3n) is 2.39. The monoisotopic (exact) mass is 247 g/mol. The first-order valence-electron chi connectivity index (χ1n) is 5.57. The Labute approximate surface area is 105 Å². The van der Waals surface area contributed by atoms with Gasteiger partial charge in [0.25, 0.3) is 0 Å². The molecule has 0 spiro atoms. The van der Waals surface area contributed by atoms with E-state index in [0.717, 1.165) is 29.2 Å². The van der Waals surface area contributed by atoms with Gasteiger partial charge in [0.15, 0.2) is 0 Å². The van der Waals surface area contributed by atoms with Crippen molar-refractivity contribution in [3.63, 3.8) is 0 Å². The second kappa shape index (κ2) is 6.40. The molecule has 0 N–H and O–H groups in total. The highest BCUT2D eigenvalue weighted by Gasteiger charge is 1.97. The summed E-state index contributed by atoms with van der Waals surface area (Å²) in [7, 11) is 0. The fourth-order valence-electron chi connectivity index (χ4n) is 1.54. The smallest absolute Gasteiger partial charge is 0.123 e. The minimum Gasteiger partial charge on any atom is -0.261 e. The molecule has 1 nitrogen and oxygen atoms in total. The molecule has 2 rings (SSSR count). The van der Waals surface area contributed by atoms with E-state index in [9.17, 15) is 4.39 Å². The van der Waals surface area contributed by atoms with E-state index in [1.54, 1.807) is 23.9 Å². The van der Waals surface area contributed by atoms with Crippen LogP contribution >= 0.6 is 11.8 Å². The lowest BCUT2D eigenvalue weighted by Gasteiger charge is -2.02. The molecule has 0 bridgehead atoms. The number of hydrogen-bond donors (Lipinski definition) is 0. The van der Waals surface area contributed by atoms with E-state index in [4.69, 9.17) is 0 Å². The van der Waals surface area contributed by atoms with Gasteiger partial charge in [0.1, 0.15) is 5.82 Å². The molecule has 88 valence electrons. The van der Waals surface area contributed by atoms with Crippen molar-refractivity contribution >= 4 is 11.8 Å². The summed E-state index contributed by atoms with van der Waals surface area (Å²) in [5, 5.41) is 0. The lowest BCUT2D eigenvalue weighted by atomic mass is 10.2. The number of aromatic nitrogens is 1. The van der Waals surface area contributed by atoms with Crippen molar-refractivity contribution in [2.24, 2.45) is 0 Å². The molecular weight excluding hydrogens is 233 g/mol. The van der Waals surface area contributed by atoms with Crippen LogP contribution in [-0.4, -0.2) is 10.7 Å². The fraction of sp³-hybridized carbons (Fsp3) is 0.214. The zero-order valence-electron chi connectivity index (χ0n) is 9.47. The second-order valence-corrected chi connectivity index (χ2v) is 4.86. The van der Waals surface area contributed by atoms with Gasteiger partial charge in [0.2, 0.25) is 0 Å². The van der Waals surface area contributed by atoms with Crippen LogP contribution in [0.2, 0.25) is 0 Å². The summed E-state index contributed by atoms with van der Waals surface area (Å²) in [5.41, 5.74) is 2.15. The molecule has 1 aromatic carbocycles. The average molecular weight is 247 g/mol. The zero-order valence-corrected chi connectivity index (χ0v) is 10.3. The molecule has 17 heavy (non-hydrogen) atoms. The van der Waals surface area contributed by atoms with Crippen LogP contribution in [0.25, 0.3) is 0 Å². The molecule has 3 heteroatoms.